The Morgan fingerprint density at radius 2 is 2.20 bits per heavy atom. The van der Waals surface area contributed by atoms with Crippen molar-refractivity contribution in [1.29, 1.82) is 0 Å². The number of carbonyl (C=O) groups excluding carboxylic acids is 1. The first-order valence-electron chi connectivity index (χ1n) is 6.19. The lowest BCUT2D eigenvalue weighted by molar-refractivity contribution is -0.115. The fraction of sp³-hybridized carbons (Fsp3) is 0.0667. The number of amides is 1. The Kier molecular flexibility index (Phi) is 3.39. The first-order valence-corrected chi connectivity index (χ1v) is 6.56. The molecule has 1 amide bonds. The monoisotopic (exact) mass is 285 g/mol. The molecule has 100 valence electrons. The number of rotatable bonds is 3. The van der Waals surface area contributed by atoms with Crippen molar-refractivity contribution in [3.05, 3.63) is 59.4 Å². The quantitative estimate of drug-likeness (QED) is 0.775. The Morgan fingerprint density at radius 1 is 1.30 bits per heavy atom. The lowest BCUT2D eigenvalue weighted by atomic mass is 10.1. The average Bonchev–Trinajstić information content (AvgIpc) is 2.82. The number of pyridine rings is 1. The zero-order valence-corrected chi connectivity index (χ0v) is 11.3. The third-order valence-corrected chi connectivity index (χ3v) is 3.23. The van der Waals surface area contributed by atoms with Gasteiger partial charge in [-0.3, -0.25) is 4.79 Å². The van der Waals surface area contributed by atoms with Gasteiger partial charge in [0.1, 0.15) is 5.65 Å². The molecule has 0 fully saturated rings. The van der Waals surface area contributed by atoms with E-state index < -0.39 is 0 Å². The average molecular weight is 286 g/mol. The van der Waals surface area contributed by atoms with Gasteiger partial charge in [0.25, 0.3) is 0 Å². The van der Waals surface area contributed by atoms with E-state index in [1.807, 2.05) is 18.3 Å². The lowest BCUT2D eigenvalue weighted by Crippen LogP contribution is -2.14. The third-order valence-electron chi connectivity index (χ3n) is 3.00. The fourth-order valence-electron chi connectivity index (χ4n) is 2.10. The van der Waals surface area contributed by atoms with Crippen LogP contribution in [0.2, 0.25) is 5.02 Å². The van der Waals surface area contributed by atoms with Gasteiger partial charge in [-0.05, 0) is 35.9 Å². The van der Waals surface area contributed by atoms with Gasteiger partial charge in [-0.15, -0.1) is 0 Å². The number of carbonyl (C=O) groups is 1. The molecule has 5 heteroatoms. The van der Waals surface area contributed by atoms with Crippen molar-refractivity contribution in [1.82, 2.24) is 9.97 Å². The maximum Gasteiger partial charge on any atom is 0.228 e. The van der Waals surface area contributed by atoms with Crippen molar-refractivity contribution in [2.75, 3.05) is 5.32 Å². The molecule has 2 aromatic heterocycles. The highest BCUT2D eigenvalue weighted by molar-refractivity contribution is 6.30. The van der Waals surface area contributed by atoms with Crippen molar-refractivity contribution < 1.29 is 4.79 Å². The predicted octanol–water partition coefficient (Wildman–Crippen LogP) is 3.40. The zero-order valence-electron chi connectivity index (χ0n) is 10.6. The van der Waals surface area contributed by atoms with Gasteiger partial charge in [0.2, 0.25) is 5.91 Å². The first kappa shape index (κ1) is 12.7. The molecule has 0 aliphatic rings. The minimum absolute atomic E-state index is 0.0861. The van der Waals surface area contributed by atoms with Crippen molar-refractivity contribution in [3.63, 3.8) is 0 Å². The molecule has 4 nitrogen and oxygen atoms in total. The van der Waals surface area contributed by atoms with Crippen LogP contribution in [0, 0.1) is 0 Å². The SMILES string of the molecule is O=C(Cc1c[nH]c2ncccc12)Nc1cccc(Cl)c1. The number of nitrogens with one attached hydrogen (secondary N) is 2. The Labute approximate surface area is 120 Å². The number of nitrogens with zero attached hydrogens (tertiary/aromatic N) is 1. The Bertz CT molecular complexity index is 766. The molecule has 1 aromatic carbocycles. The van der Waals surface area contributed by atoms with Gasteiger partial charge >= 0.3 is 0 Å². The number of aromatic amines is 1. The van der Waals surface area contributed by atoms with E-state index in [4.69, 9.17) is 11.6 Å². The maximum absolute atomic E-state index is 12.0. The molecule has 0 saturated heterocycles. The summed E-state index contributed by atoms with van der Waals surface area (Å²) in [7, 11) is 0. The molecule has 0 aliphatic carbocycles. The second-order valence-electron chi connectivity index (χ2n) is 4.45. The number of fused-ring (bicyclic) bond motifs is 1. The standard InChI is InChI=1S/C15H12ClN3O/c16-11-3-1-4-12(8-11)19-14(20)7-10-9-18-15-13(10)5-2-6-17-15/h1-6,8-9H,7H2,(H,17,18)(H,19,20). The van der Waals surface area contributed by atoms with Crippen molar-refractivity contribution in [2.24, 2.45) is 0 Å². The number of H-pyrrole nitrogens is 1. The normalized spacial score (nSPS) is 10.7. The summed E-state index contributed by atoms with van der Waals surface area (Å²) in [6.45, 7) is 0. The predicted molar refractivity (Wildman–Crippen MR) is 79.9 cm³/mol. The van der Waals surface area contributed by atoms with E-state index >= 15 is 0 Å². The van der Waals surface area contributed by atoms with Crippen LogP contribution >= 0.6 is 11.6 Å². The molecular weight excluding hydrogens is 274 g/mol. The van der Waals surface area contributed by atoms with E-state index in [0.29, 0.717) is 10.7 Å². The van der Waals surface area contributed by atoms with Gasteiger partial charge in [0, 0.05) is 28.5 Å². The van der Waals surface area contributed by atoms with Crippen LogP contribution in [0.25, 0.3) is 11.0 Å². The summed E-state index contributed by atoms with van der Waals surface area (Å²) in [5.41, 5.74) is 2.41. The molecule has 0 unspecified atom stereocenters. The first-order chi connectivity index (χ1) is 9.72. The van der Waals surface area contributed by atoms with Gasteiger partial charge in [0.05, 0.1) is 6.42 Å². The van der Waals surface area contributed by atoms with Crippen LogP contribution in [-0.4, -0.2) is 15.9 Å². The van der Waals surface area contributed by atoms with E-state index in [1.54, 1.807) is 30.5 Å². The Hall–Kier alpha value is -2.33. The molecule has 0 bridgehead atoms. The van der Waals surface area contributed by atoms with Crippen LogP contribution in [0.5, 0.6) is 0 Å². The minimum Gasteiger partial charge on any atom is -0.346 e. The van der Waals surface area contributed by atoms with Gasteiger partial charge in [0.15, 0.2) is 0 Å². The van der Waals surface area contributed by atoms with Crippen molar-refractivity contribution in [3.8, 4) is 0 Å². The van der Waals surface area contributed by atoms with Crippen LogP contribution in [-0.2, 0) is 11.2 Å². The largest absolute Gasteiger partial charge is 0.346 e. The highest BCUT2D eigenvalue weighted by atomic mass is 35.5. The van der Waals surface area contributed by atoms with E-state index in [9.17, 15) is 4.79 Å². The Morgan fingerprint density at radius 3 is 3.05 bits per heavy atom. The van der Waals surface area contributed by atoms with Crippen molar-refractivity contribution in [2.45, 2.75) is 6.42 Å². The second kappa shape index (κ2) is 5.35. The zero-order chi connectivity index (χ0) is 13.9. The summed E-state index contributed by atoms with van der Waals surface area (Å²) in [6.07, 6.45) is 3.82. The number of anilines is 1. The highest BCUT2D eigenvalue weighted by Crippen LogP contribution is 2.18. The molecule has 2 N–H and O–H groups in total. The number of halogens is 1. The molecule has 0 saturated carbocycles. The number of hydrogen-bond acceptors (Lipinski definition) is 2. The molecule has 3 rings (SSSR count). The Balaban J connectivity index is 1.76. The van der Waals surface area contributed by atoms with Crippen LogP contribution in [0.3, 0.4) is 0 Å². The van der Waals surface area contributed by atoms with E-state index in [0.717, 1.165) is 16.6 Å². The molecular formula is C15H12ClN3O. The topological polar surface area (TPSA) is 57.8 Å². The van der Waals surface area contributed by atoms with Gasteiger partial charge in [-0.2, -0.15) is 0 Å². The summed E-state index contributed by atoms with van der Waals surface area (Å²) < 4.78 is 0. The summed E-state index contributed by atoms with van der Waals surface area (Å²) in [4.78, 5) is 19.3. The molecule has 20 heavy (non-hydrogen) atoms. The second-order valence-corrected chi connectivity index (χ2v) is 4.89. The molecule has 0 radical (unpaired) electrons. The summed E-state index contributed by atoms with van der Waals surface area (Å²) >= 11 is 5.88. The fourth-order valence-corrected chi connectivity index (χ4v) is 2.29. The number of hydrogen-bond donors (Lipinski definition) is 2. The van der Waals surface area contributed by atoms with Gasteiger partial charge < -0.3 is 10.3 Å². The van der Waals surface area contributed by atoms with E-state index in [2.05, 4.69) is 15.3 Å². The molecule has 0 spiro atoms. The summed E-state index contributed by atoms with van der Waals surface area (Å²) in [6, 6.07) is 10.9. The number of aromatic nitrogens is 2. The smallest absolute Gasteiger partial charge is 0.228 e. The minimum atomic E-state index is -0.0861. The van der Waals surface area contributed by atoms with Crippen LogP contribution < -0.4 is 5.32 Å². The van der Waals surface area contributed by atoms with Gasteiger partial charge in [-0.1, -0.05) is 17.7 Å². The maximum atomic E-state index is 12.0. The van der Waals surface area contributed by atoms with E-state index in [-0.39, 0.29) is 12.3 Å². The highest BCUT2D eigenvalue weighted by Gasteiger charge is 2.09. The molecule has 0 aliphatic heterocycles. The molecule has 2 heterocycles. The third kappa shape index (κ3) is 2.65. The van der Waals surface area contributed by atoms with Gasteiger partial charge in [-0.25, -0.2) is 4.98 Å². The van der Waals surface area contributed by atoms with Crippen molar-refractivity contribution >= 4 is 34.2 Å². The number of benzene rings is 1. The van der Waals surface area contributed by atoms with E-state index in [1.165, 1.54) is 0 Å². The van der Waals surface area contributed by atoms with Crippen LogP contribution in [0.15, 0.2) is 48.8 Å². The lowest BCUT2D eigenvalue weighted by Gasteiger charge is -2.05. The summed E-state index contributed by atoms with van der Waals surface area (Å²) in [5, 5.41) is 4.39. The summed E-state index contributed by atoms with van der Waals surface area (Å²) in [5.74, 6) is -0.0861. The molecule has 3 aromatic rings. The molecule has 0 atom stereocenters. The van der Waals surface area contributed by atoms with Crippen LogP contribution in [0.1, 0.15) is 5.56 Å². The van der Waals surface area contributed by atoms with Crippen LogP contribution in [0.4, 0.5) is 5.69 Å².